The molecule has 2 saturated heterocycles. The molecule has 1 aromatic carbocycles. The zero-order valence-corrected chi connectivity index (χ0v) is 22.5. The molecule has 6 rings (SSSR count). The lowest BCUT2D eigenvalue weighted by Crippen LogP contribution is -2.47. The average Bonchev–Trinajstić information content (AvgIpc) is 2.99. The Kier molecular flexibility index (Phi) is 7.69. The third kappa shape index (κ3) is 6.04. The maximum Gasteiger partial charge on any atom is 0.257 e. The topological polar surface area (TPSA) is 109 Å². The van der Waals surface area contributed by atoms with Gasteiger partial charge in [-0.1, -0.05) is 0 Å². The molecule has 1 aliphatic carbocycles. The number of likely N-dealkylation sites (N-methyl/N-ethyl adjacent to an activating group) is 1. The van der Waals surface area contributed by atoms with Crippen LogP contribution in [0.4, 0.5) is 11.6 Å². The van der Waals surface area contributed by atoms with Gasteiger partial charge in [0.1, 0.15) is 11.3 Å². The van der Waals surface area contributed by atoms with Crippen molar-refractivity contribution in [2.45, 2.75) is 37.8 Å². The number of amides is 1. The highest BCUT2D eigenvalue weighted by molar-refractivity contribution is 5.93. The van der Waals surface area contributed by atoms with E-state index in [0.29, 0.717) is 11.5 Å². The normalized spacial score (nSPS) is 22.6. The van der Waals surface area contributed by atoms with Gasteiger partial charge in [-0.25, -0.2) is 15.0 Å². The number of fused-ring (bicyclic) bond motifs is 1. The molecule has 2 aromatic heterocycles. The molecule has 0 bridgehead atoms. The molecule has 0 radical (unpaired) electrons. The van der Waals surface area contributed by atoms with Gasteiger partial charge in [0.05, 0.1) is 30.4 Å². The maximum atomic E-state index is 12.8. The van der Waals surface area contributed by atoms with Crippen LogP contribution in [0.3, 0.4) is 0 Å². The molecule has 3 aromatic rings. The number of hydrogen-bond donors (Lipinski definition) is 1. The zero-order chi connectivity index (χ0) is 26.6. The van der Waals surface area contributed by atoms with Crippen LogP contribution < -0.4 is 15.0 Å². The molecule has 2 aliphatic heterocycles. The van der Waals surface area contributed by atoms with Crippen molar-refractivity contribution in [3.05, 3.63) is 42.5 Å². The van der Waals surface area contributed by atoms with E-state index in [1.165, 1.54) is 0 Å². The Morgan fingerprint density at radius 1 is 0.923 bits per heavy atom. The van der Waals surface area contributed by atoms with Crippen molar-refractivity contribution < 1.29 is 14.3 Å². The van der Waals surface area contributed by atoms with Gasteiger partial charge in [0.2, 0.25) is 5.95 Å². The number of benzene rings is 1. The summed E-state index contributed by atoms with van der Waals surface area (Å²) in [6.07, 6.45) is 10.6. The Balaban J connectivity index is 1.05. The third-order valence-electron chi connectivity index (χ3n) is 7.89. The summed E-state index contributed by atoms with van der Waals surface area (Å²) in [5, 5.41) is 3.45. The second-order valence-electron chi connectivity index (χ2n) is 10.6. The van der Waals surface area contributed by atoms with Crippen molar-refractivity contribution in [3.63, 3.8) is 0 Å². The molecule has 11 nitrogen and oxygen atoms in total. The van der Waals surface area contributed by atoms with E-state index in [1.807, 2.05) is 4.90 Å². The molecule has 0 spiro atoms. The van der Waals surface area contributed by atoms with Gasteiger partial charge in [-0.05, 0) is 38.8 Å². The fraction of sp³-hybridized carbons (Fsp3) is 0.536. The number of carbonyl (C=O) groups is 1. The highest BCUT2D eigenvalue weighted by atomic mass is 16.5. The van der Waals surface area contributed by atoms with Crippen molar-refractivity contribution in [3.8, 4) is 5.75 Å². The summed E-state index contributed by atoms with van der Waals surface area (Å²) < 4.78 is 12.1. The molecule has 11 heteroatoms. The summed E-state index contributed by atoms with van der Waals surface area (Å²) in [7, 11) is 2.08. The first-order valence-electron chi connectivity index (χ1n) is 13.9. The maximum absolute atomic E-state index is 12.8. The monoisotopic (exact) mass is 532 g/mol. The first kappa shape index (κ1) is 25.7. The Morgan fingerprint density at radius 3 is 2.38 bits per heavy atom. The minimum Gasteiger partial charge on any atom is -0.488 e. The molecule has 1 saturated carbocycles. The molecule has 1 amide bonds. The minimum absolute atomic E-state index is 0.00205. The molecule has 0 atom stereocenters. The van der Waals surface area contributed by atoms with Crippen LogP contribution in [0.5, 0.6) is 5.75 Å². The van der Waals surface area contributed by atoms with Crippen molar-refractivity contribution in [2.24, 2.45) is 0 Å². The summed E-state index contributed by atoms with van der Waals surface area (Å²) in [5.41, 5.74) is 3.29. The number of anilines is 2. The SMILES string of the molecule is CN1CCN(C(=O)c2cnc(NC3CCC(Oc4cc(N5CCOCC5)cc5nccnc45)CC3)nc2)CC1. The van der Waals surface area contributed by atoms with Crippen LogP contribution >= 0.6 is 0 Å². The molecule has 3 aliphatic rings. The van der Waals surface area contributed by atoms with Crippen molar-refractivity contribution >= 4 is 28.6 Å². The Morgan fingerprint density at radius 2 is 1.64 bits per heavy atom. The Hall–Kier alpha value is -3.57. The van der Waals surface area contributed by atoms with E-state index in [4.69, 9.17) is 9.47 Å². The Labute approximate surface area is 228 Å². The van der Waals surface area contributed by atoms with E-state index in [-0.39, 0.29) is 18.1 Å². The van der Waals surface area contributed by atoms with E-state index < -0.39 is 0 Å². The summed E-state index contributed by atoms with van der Waals surface area (Å²) in [4.78, 5) is 37.2. The number of piperazine rings is 1. The van der Waals surface area contributed by atoms with E-state index in [9.17, 15) is 4.79 Å². The molecule has 206 valence electrons. The van der Waals surface area contributed by atoms with Gasteiger partial charge in [-0.2, -0.15) is 0 Å². The number of aromatic nitrogens is 4. The van der Waals surface area contributed by atoms with Gasteiger partial charge >= 0.3 is 0 Å². The van der Waals surface area contributed by atoms with Crippen LogP contribution in [0.15, 0.2) is 36.9 Å². The fourth-order valence-corrected chi connectivity index (χ4v) is 5.51. The lowest BCUT2D eigenvalue weighted by molar-refractivity contribution is 0.0663. The molecule has 0 unspecified atom stereocenters. The van der Waals surface area contributed by atoms with Crippen molar-refractivity contribution in [1.29, 1.82) is 0 Å². The first-order valence-corrected chi connectivity index (χ1v) is 13.9. The smallest absolute Gasteiger partial charge is 0.257 e. The number of morpholine rings is 1. The van der Waals surface area contributed by atoms with Gasteiger partial charge < -0.3 is 29.5 Å². The summed E-state index contributed by atoms with van der Waals surface area (Å²) in [5.74, 6) is 1.36. The van der Waals surface area contributed by atoms with Crippen molar-refractivity contribution in [1.82, 2.24) is 29.7 Å². The summed E-state index contributed by atoms with van der Waals surface area (Å²) >= 11 is 0. The number of ether oxygens (including phenoxy) is 2. The first-order chi connectivity index (χ1) is 19.1. The van der Waals surface area contributed by atoms with Crippen LogP contribution in [0.2, 0.25) is 0 Å². The lowest BCUT2D eigenvalue weighted by Gasteiger charge is -2.32. The predicted molar refractivity (Wildman–Crippen MR) is 148 cm³/mol. The van der Waals surface area contributed by atoms with Crippen LogP contribution in [-0.2, 0) is 4.74 Å². The fourth-order valence-electron chi connectivity index (χ4n) is 5.51. The molecular weight excluding hydrogens is 496 g/mol. The number of hydrogen-bond acceptors (Lipinski definition) is 10. The van der Waals surface area contributed by atoms with E-state index in [0.717, 1.165) is 101 Å². The van der Waals surface area contributed by atoms with Gasteiger partial charge in [0, 0.05) is 81.9 Å². The van der Waals surface area contributed by atoms with E-state index in [2.05, 4.69) is 54.2 Å². The number of nitrogens with zero attached hydrogens (tertiary/aromatic N) is 7. The molecule has 39 heavy (non-hydrogen) atoms. The Bertz CT molecular complexity index is 1270. The van der Waals surface area contributed by atoms with Gasteiger partial charge in [0.25, 0.3) is 5.91 Å². The largest absolute Gasteiger partial charge is 0.488 e. The van der Waals surface area contributed by atoms with Crippen LogP contribution in [-0.4, -0.2) is 107 Å². The van der Waals surface area contributed by atoms with Crippen LogP contribution in [0.1, 0.15) is 36.0 Å². The minimum atomic E-state index is 0.00205. The standard InChI is InChI=1S/C28H36N8O3/c1-34-8-10-36(11-9-34)27(37)20-18-31-28(32-19-20)33-21-2-4-23(5-3-21)39-25-17-22(35-12-14-38-15-13-35)16-24-26(25)30-7-6-29-24/h6-7,16-19,21,23H,2-5,8-15H2,1H3,(H,31,32,33). The van der Waals surface area contributed by atoms with E-state index in [1.54, 1.807) is 24.8 Å². The van der Waals surface area contributed by atoms with Crippen LogP contribution in [0.25, 0.3) is 11.0 Å². The average molecular weight is 533 g/mol. The zero-order valence-electron chi connectivity index (χ0n) is 22.5. The second kappa shape index (κ2) is 11.7. The van der Waals surface area contributed by atoms with E-state index >= 15 is 0 Å². The number of carbonyl (C=O) groups excluding carboxylic acids is 1. The second-order valence-corrected chi connectivity index (χ2v) is 10.6. The quantitative estimate of drug-likeness (QED) is 0.508. The molecule has 3 fully saturated rings. The van der Waals surface area contributed by atoms with Gasteiger partial charge in [-0.15, -0.1) is 0 Å². The molecule has 4 heterocycles. The van der Waals surface area contributed by atoms with Crippen molar-refractivity contribution in [2.75, 3.05) is 69.7 Å². The predicted octanol–water partition coefficient (Wildman–Crippen LogP) is 2.45. The highest BCUT2D eigenvalue weighted by Crippen LogP contribution is 2.33. The number of nitrogens with one attached hydrogen (secondary N) is 1. The van der Waals surface area contributed by atoms with Crippen LogP contribution in [0, 0.1) is 0 Å². The summed E-state index contributed by atoms with van der Waals surface area (Å²) in [6, 6.07) is 4.46. The van der Waals surface area contributed by atoms with Gasteiger partial charge in [-0.3, -0.25) is 9.78 Å². The molecular formula is C28H36N8O3. The third-order valence-corrected chi connectivity index (χ3v) is 7.89. The van der Waals surface area contributed by atoms with Gasteiger partial charge in [0.15, 0.2) is 0 Å². The lowest BCUT2D eigenvalue weighted by atomic mass is 9.93. The number of rotatable bonds is 6. The summed E-state index contributed by atoms with van der Waals surface area (Å²) in [6.45, 7) is 6.42. The molecule has 1 N–H and O–H groups in total. The highest BCUT2D eigenvalue weighted by Gasteiger charge is 2.25.